The molecule has 2 N–H and O–H groups in total. The van der Waals surface area contributed by atoms with Gasteiger partial charge in [-0.05, 0) is 48.5 Å². The summed E-state index contributed by atoms with van der Waals surface area (Å²) in [6.45, 7) is 0. The summed E-state index contributed by atoms with van der Waals surface area (Å²) in [6, 6.07) is 15.1. The molecular weight excluding hydrogens is 228 g/mol. The van der Waals surface area contributed by atoms with Crippen molar-refractivity contribution in [1.82, 2.24) is 0 Å². The SMILES string of the molecule is COc1ccc(N(N)c2ccc(OC)cc2)cc1. The van der Waals surface area contributed by atoms with E-state index in [1.807, 2.05) is 48.5 Å². The van der Waals surface area contributed by atoms with E-state index in [4.69, 9.17) is 15.3 Å². The van der Waals surface area contributed by atoms with Gasteiger partial charge in [-0.15, -0.1) is 0 Å². The second-order valence-electron chi connectivity index (χ2n) is 3.77. The molecule has 0 aliphatic carbocycles. The maximum absolute atomic E-state index is 6.05. The van der Waals surface area contributed by atoms with Crippen LogP contribution in [0.25, 0.3) is 0 Å². The molecule has 0 aromatic heterocycles. The largest absolute Gasteiger partial charge is 0.497 e. The van der Waals surface area contributed by atoms with E-state index >= 15 is 0 Å². The maximum atomic E-state index is 6.05. The van der Waals surface area contributed by atoms with Crippen LogP contribution in [0.1, 0.15) is 0 Å². The third-order valence-corrected chi connectivity index (χ3v) is 2.70. The van der Waals surface area contributed by atoms with E-state index in [0.29, 0.717) is 0 Å². The topological polar surface area (TPSA) is 47.7 Å². The number of rotatable bonds is 4. The first-order valence-corrected chi connectivity index (χ1v) is 5.57. The number of hydrazine groups is 1. The molecule has 18 heavy (non-hydrogen) atoms. The second kappa shape index (κ2) is 5.42. The number of methoxy groups -OCH3 is 2. The smallest absolute Gasteiger partial charge is 0.119 e. The van der Waals surface area contributed by atoms with Crippen molar-refractivity contribution in [2.45, 2.75) is 0 Å². The van der Waals surface area contributed by atoms with Crippen LogP contribution in [0.3, 0.4) is 0 Å². The highest BCUT2D eigenvalue weighted by Gasteiger charge is 2.04. The Hall–Kier alpha value is -2.20. The number of anilines is 2. The monoisotopic (exact) mass is 244 g/mol. The Morgan fingerprint density at radius 2 is 1.06 bits per heavy atom. The summed E-state index contributed by atoms with van der Waals surface area (Å²) >= 11 is 0. The summed E-state index contributed by atoms with van der Waals surface area (Å²) in [5.74, 6) is 7.67. The molecular formula is C14H16N2O2. The Kier molecular flexibility index (Phi) is 3.69. The lowest BCUT2D eigenvalue weighted by Gasteiger charge is -2.19. The Balaban J connectivity index is 2.20. The maximum Gasteiger partial charge on any atom is 0.119 e. The number of hydrogen-bond donors (Lipinski definition) is 1. The molecule has 0 bridgehead atoms. The van der Waals surface area contributed by atoms with E-state index in [9.17, 15) is 0 Å². The van der Waals surface area contributed by atoms with Gasteiger partial charge in [-0.1, -0.05) is 0 Å². The summed E-state index contributed by atoms with van der Waals surface area (Å²) in [5.41, 5.74) is 1.78. The third-order valence-electron chi connectivity index (χ3n) is 2.70. The fraction of sp³-hybridized carbons (Fsp3) is 0.143. The Morgan fingerprint density at radius 1 is 0.722 bits per heavy atom. The van der Waals surface area contributed by atoms with Gasteiger partial charge < -0.3 is 9.47 Å². The van der Waals surface area contributed by atoms with Gasteiger partial charge in [-0.25, -0.2) is 5.84 Å². The molecule has 0 radical (unpaired) electrons. The normalized spacial score (nSPS) is 9.94. The first kappa shape index (κ1) is 12.3. The molecule has 4 nitrogen and oxygen atoms in total. The summed E-state index contributed by atoms with van der Waals surface area (Å²) in [5, 5.41) is 1.61. The number of nitrogens with zero attached hydrogens (tertiary/aromatic N) is 1. The average Bonchev–Trinajstić information content (AvgIpc) is 2.47. The zero-order chi connectivity index (χ0) is 13.0. The van der Waals surface area contributed by atoms with Crippen molar-refractivity contribution in [2.75, 3.05) is 19.2 Å². The van der Waals surface area contributed by atoms with Gasteiger partial charge in [-0.3, -0.25) is 5.01 Å². The molecule has 94 valence electrons. The van der Waals surface area contributed by atoms with Crippen molar-refractivity contribution in [3.63, 3.8) is 0 Å². The minimum absolute atomic E-state index is 0.807. The summed E-state index contributed by atoms with van der Waals surface area (Å²) in [6.07, 6.45) is 0. The molecule has 0 spiro atoms. The van der Waals surface area contributed by atoms with Crippen LogP contribution in [0.15, 0.2) is 48.5 Å². The molecule has 0 saturated carbocycles. The fourth-order valence-electron chi connectivity index (χ4n) is 1.63. The standard InChI is InChI=1S/C14H16N2O2/c1-17-13-7-3-11(4-8-13)16(15)12-5-9-14(18-2)10-6-12/h3-10H,15H2,1-2H3. The molecule has 4 heteroatoms. The Bertz CT molecular complexity index is 447. The van der Waals surface area contributed by atoms with E-state index in [-0.39, 0.29) is 0 Å². The van der Waals surface area contributed by atoms with Crippen molar-refractivity contribution in [3.05, 3.63) is 48.5 Å². The lowest BCUT2D eigenvalue weighted by Crippen LogP contribution is -2.24. The van der Waals surface area contributed by atoms with Crippen LogP contribution in [0.5, 0.6) is 11.5 Å². The van der Waals surface area contributed by atoms with Crippen molar-refractivity contribution in [1.29, 1.82) is 0 Å². The van der Waals surface area contributed by atoms with E-state index < -0.39 is 0 Å². The van der Waals surface area contributed by atoms with Crippen molar-refractivity contribution >= 4 is 11.4 Å². The molecule has 0 saturated heterocycles. The molecule has 0 unspecified atom stereocenters. The number of benzene rings is 2. The lowest BCUT2D eigenvalue weighted by atomic mass is 10.2. The number of nitrogens with two attached hydrogens (primary N) is 1. The average molecular weight is 244 g/mol. The predicted octanol–water partition coefficient (Wildman–Crippen LogP) is 2.72. The molecule has 0 atom stereocenters. The molecule has 2 aromatic carbocycles. The zero-order valence-corrected chi connectivity index (χ0v) is 10.5. The van der Waals surface area contributed by atoms with Gasteiger partial charge in [0.1, 0.15) is 11.5 Å². The van der Waals surface area contributed by atoms with Crippen LogP contribution in [-0.2, 0) is 0 Å². The van der Waals surface area contributed by atoms with E-state index in [1.165, 1.54) is 0 Å². The summed E-state index contributed by atoms with van der Waals surface area (Å²) < 4.78 is 10.2. The zero-order valence-electron chi connectivity index (χ0n) is 10.5. The molecule has 0 amide bonds. The van der Waals surface area contributed by atoms with Crippen molar-refractivity contribution in [3.8, 4) is 11.5 Å². The van der Waals surface area contributed by atoms with Gasteiger partial charge in [0.15, 0.2) is 0 Å². The first-order valence-electron chi connectivity index (χ1n) is 5.57. The van der Waals surface area contributed by atoms with Crippen molar-refractivity contribution < 1.29 is 9.47 Å². The van der Waals surface area contributed by atoms with E-state index in [1.54, 1.807) is 19.2 Å². The van der Waals surface area contributed by atoms with Crippen molar-refractivity contribution in [2.24, 2.45) is 5.84 Å². The summed E-state index contributed by atoms with van der Waals surface area (Å²) in [4.78, 5) is 0. The highest BCUT2D eigenvalue weighted by Crippen LogP contribution is 2.25. The molecule has 0 fully saturated rings. The first-order chi connectivity index (χ1) is 8.74. The fourth-order valence-corrected chi connectivity index (χ4v) is 1.63. The molecule has 0 aliphatic rings. The molecule has 0 heterocycles. The Labute approximate surface area is 107 Å². The van der Waals surface area contributed by atoms with Crippen LogP contribution in [0.2, 0.25) is 0 Å². The second-order valence-corrected chi connectivity index (χ2v) is 3.77. The van der Waals surface area contributed by atoms with Crippen LogP contribution < -0.4 is 20.3 Å². The molecule has 0 aliphatic heterocycles. The predicted molar refractivity (Wildman–Crippen MR) is 72.3 cm³/mol. The van der Waals surface area contributed by atoms with Crippen LogP contribution in [0, 0.1) is 0 Å². The minimum atomic E-state index is 0.807. The quantitative estimate of drug-likeness (QED) is 0.663. The molecule has 2 rings (SSSR count). The van der Waals surface area contributed by atoms with Gasteiger partial charge in [0.2, 0.25) is 0 Å². The van der Waals surface area contributed by atoms with Crippen LogP contribution in [0.4, 0.5) is 11.4 Å². The molecule has 2 aromatic rings. The lowest BCUT2D eigenvalue weighted by molar-refractivity contribution is 0.415. The van der Waals surface area contributed by atoms with E-state index in [0.717, 1.165) is 22.9 Å². The highest BCUT2D eigenvalue weighted by molar-refractivity contribution is 5.62. The van der Waals surface area contributed by atoms with Gasteiger partial charge in [-0.2, -0.15) is 0 Å². The Morgan fingerprint density at radius 3 is 1.33 bits per heavy atom. The third kappa shape index (κ3) is 2.55. The van der Waals surface area contributed by atoms with Gasteiger partial charge in [0, 0.05) is 0 Å². The van der Waals surface area contributed by atoms with Crippen LogP contribution >= 0.6 is 0 Å². The number of hydrogen-bond acceptors (Lipinski definition) is 4. The van der Waals surface area contributed by atoms with E-state index in [2.05, 4.69) is 0 Å². The highest BCUT2D eigenvalue weighted by atomic mass is 16.5. The van der Waals surface area contributed by atoms with Gasteiger partial charge >= 0.3 is 0 Å². The van der Waals surface area contributed by atoms with Crippen LogP contribution in [-0.4, -0.2) is 14.2 Å². The van der Waals surface area contributed by atoms with Gasteiger partial charge in [0.05, 0.1) is 25.6 Å². The minimum Gasteiger partial charge on any atom is -0.497 e. The summed E-state index contributed by atoms with van der Waals surface area (Å²) in [7, 11) is 3.28. The van der Waals surface area contributed by atoms with Gasteiger partial charge in [0.25, 0.3) is 0 Å². The number of ether oxygens (including phenoxy) is 2.